The molecule has 0 saturated heterocycles. The van der Waals surface area contributed by atoms with E-state index in [1.165, 1.54) is 11.9 Å². The quantitative estimate of drug-likeness (QED) is 0.515. The van der Waals surface area contributed by atoms with E-state index in [-0.39, 0.29) is 0 Å². The lowest BCUT2D eigenvalue weighted by Crippen LogP contribution is -2.13. The standard InChI is InChI=1S/C7H6ClN3S/c1-4-10-5-2-7(8)9-3-6(5)12-11-4/h2-3H,1H3,(H,10,11). The van der Waals surface area contributed by atoms with Crippen molar-refractivity contribution in [2.75, 3.05) is 0 Å². The van der Waals surface area contributed by atoms with Gasteiger partial charge in [0.05, 0.1) is 10.6 Å². The predicted octanol–water partition coefficient (Wildman–Crippen LogP) is 2.40. The van der Waals surface area contributed by atoms with Crippen LogP contribution in [0.2, 0.25) is 5.15 Å². The van der Waals surface area contributed by atoms with Gasteiger partial charge in [-0.2, -0.15) is 0 Å². The lowest BCUT2D eigenvalue weighted by Gasteiger charge is -2.12. The summed E-state index contributed by atoms with van der Waals surface area (Å²) in [6, 6.07) is 1.76. The number of pyridine rings is 1. The van der Waals surface area contributed by atoms with E-state index in [0.717, 1.165) is 16.4 Å². The van der Waals surface area contributed by atoms with Gasteiger partial charge in [0.2, 0.25) is 0 Å². The summed E-state index contributed by atoms with van der Waals surface area (Å²) in [5.74, 6) is 0.884. The van der Waals surface area contributed by atoms with Gasteiger partial charge in [0.25, 0.3) is 0 Å². The highest BCUT2D eigenvalue weighted by molar-refractivity contribution is 7.98. The molecule has 1 N–H and O–H groups in total. The molecule has 5 heteroatoms. The van der Waals surface area contributed by atoms with E-state index in [0.29, 0.717) is 5.15 Å². The second kappa shape index (κ2) is 2.95. The molecule has 0 amide bonds. The first kappa shape index (κ1) is 7.89. The third kappa shape index (κ3) is 1.40. The Morgan fingerprint density at radius 3 is 3.25 bits per heavy atom. The zero-order chi connectivity index (χ0) is 8.55. The maximum absolute atomic E-state index is 5.71. The van der Waals surface area contributed by atoms with Crippen LogP contribution in [-0.4, -0.2) is 10.8 Å². The smallest absolute Gasteiger partial charge is 0.131 e. The van der Waals surface area contributed by atoms with Crippen LogP contribution >= 0.6 is 23.5 Å². The summed E-state index contributed by atoms with van der Waals surface area (Å²) in [6.07, 6.45) is 1.71. The van der Waals surface area contributed by atoms with Crippen LogP contribution in [0.5, 0.6) is 0 Å². The maximum Gasteiger partial charge on any atom is 0.131 e. The van der Waals surface area contributed by atoms with Crippen molar-refractivity contribution in [2.24, 2.45) is 4.99 Å². The Balaban J connectivity index is 2.53. The summed E-state index contributed by atoms with van der Waals surface area (Å²) in [5, 5.41) is 0.479. The molecule has 0 spiro atoms. The van der Waals surface area contributed by atoms with Gasteiger partial charge in [-0.1, -0.05) is 11.6 Å². The topological polar surface area (TPSA) is 37.3 Å². The minimum atomic E-state index is 0.479. The van der Waals surface area contributed by atoms with Crippen LogP contribution in [0.25, 0.3) is 0 Å². The van der Waals surface area contributed by atoms with Gasteiger partial charge in [-0.05, 0) is 18.9 Å². The molecule has 0 atom stereocenters. The molecule has 12 heavy (non-hydrogen) atoms. The Kier molecular flexibility index (Phi) is 1.94. The van der Waals surface area contributed by atoms with Gasteiger partial charge in [0, 0.05) is 12.3 Å². The number of halogens is 1. The SMILES string of the molecule is CC1=Nc2cc(Cl)ncc2SN1. The normalized spacial score (nSPS) is 14.7. The van der Waals surface area contributed by atoms with Crippen LogP contribution in [-0.2, 0) is 0 Å². The summed E-state index contributed by atoms with van der Waals surface area (Å²) < 4.78 is 3.04. The van der Waals surface area contributed by atoms with E-state index in [1.54, 1.807) is 12.3 Å². The molecule has 1 aliphatic rings. The monoisotopic (exact) mass is 199 g/mol. The van der Waals surface area contributed by atoms with E-state index in [2.05, 4.69) is 14.7 Å². The molecule has 0 aliphatic carbocycles. The van der Waals surface area contributed by atoms with Gasteiger partial charge >= 0.3 is 0 Å². The zero-order valence-electron chi connectivity index (χ0n) is 6.34. The lowest BCUT2D eigenvalue weighted by atomic mass is 10.4. The Hall–Kier alpha value is -0.740. The summed E-state index contributed by atoms with van der Waals surface area (Å²) in [6.45, 7) is 1.91. The second-order valence-electron chi connectivity index (χ2n) is 2.38. The lowest BCUT2D eigenvalue weighted by molar-refractivity contribution is 1.19. The Morgan fingerprint density at radius 1 is 1.58 bits per heavy atom. The number of rotatable bonds is 0. The number of nitrogens with zero attached hydrogens (tertiary/aromatic N) is 2. The first-order chi connectivity index (χ1) is 5.75. The van der Waals surface area contributed by atoms with Gasteiger partial charge < -0.3 is 4.72 Å². The van der Waals surface area contributed by atoms with Crippen molar-refractivity contribution in [3.63, 3.8) is 0 Å². The minimum absolute atomic E-state index is 0.479. The molecule has 3 nitrogen and oxygen atoms in total. The maximum atomic E-state index is 5.71. The molecule has 1 aliphatic heterocycles. The van der Waals surface area contributed by atoms with Gasteiger partial charge in [0.1, 0.15) is 11.0 Å². The number of nitrogens with one attached hydrogen (secondary N) is 1. The van der Waals surface area contributed by atoms with E-state index in [1.807, 2.05) is 6.92 Å². The predicted molar refractivity (Wildman–Crippen MR) is 51.0 cm³/mol. The molecule has 0 fully saturated rings. The van der Waals surface area contributed by atoms with Crippen LogP contribution < -0.4 is 4.72 Å². The van der Waals surface area contributed by atoms with E-state index < -0.39 is 0 Å². The fraction of sp³-hybridized carbons (Fsp3) is 0.143. The third-order valence-electron chi connectivity index (χ3n) is 1.41. The van der Waals surface area contributed by atoms with Crippen molar-refractivity contribution in [2.45, 2.75) is 11.8 Å². The van der Waals surface area contributed by atoms with Crippen LogP contribution in [0.1, 0.15) is 6.92 Å². The molecular weight excluding hydrogens is 194 g/mol. The molecule has 0 radical (unpaired) electrons. The van der Waals surface area contributed by atoms with Crippen molar-refractivity contribution in [3.8, 4) is 0 Å². The first-order valence-electron chi connectivity index (χ1n) is 3.39. The fourth-order valence-electron chi connectivity index (χ4n) is 0.906. The van der Waals surface area contributed by atoms with E-state index >= 15 is 0 Å². The number of hydrogen-bond donors (Lipinski definition) is 1. The fourth-order valence-corrected chi connectivity index (χ4v) is 1.68. The molecule has 1 aromatic heterocycles. The molecule has 2 rings (SSSR count). The number of amidine groups is 1. The van der Waals surface area contributed by atoms with Crippen molar-refractivity contribution in [1.82, 2.24) is 9.71 Å². The average Bonchev–Trinajstić information content (AvgIpc) is 2.03. The first-order valence-corrected chi connectivity index (χ1v) is 4.59. The number of fused-ring (bicyclic) bond motifs is 1. The Morgan fingerprint density at radius 2 is 2.42 bits per heavy atom. The van der Waals surface area contributed by atoms with E-state index in [4.69, 9.17) is 11.6 Å². The van der Waals surface area contributed by atoms with E-state index in [9.17, 15) is 0 Å². The zero-order valence-corrected chi connectivity index (χ0v) is 7.91. The molecule has 0 unspecified atom stereocenters. The Labute approximate surface area is 79.4 Å². The highest BCUT2D eigenvalue weighted by Gasteiger charge is 2.09. The van der Waals surface area contributed by atoms with Crippen LogP contribution in [0, 0.1) is 0 Å². The summed E-state index contributed by atoms with van der Waals surface area (Å²) in [5.41, 5.74) is 0.885. The molecule has 0 saturated carbocycles. The van der Waals surface area contributed by atoms with Gasteiger partial charge in [-0.3, -0.25) is 0 Å². The second-order valence-corrected chi connectivity index (χ2v) is 3.61. The average molecular weight is 200 g/mol. The minimum Gasteiger partial charge on any atom is -0.314 e. The summed E-state index contributed by atoms with van der Waals surface area (Å²) in [7, 11) is 0. The number of aliphatic imine (C=N–C) groups is 1. The molecule has 0 aromatic carbocycles. The summed E-state index contributed by atoms with van der Waals surface area (Å²) >= 11 is 7.22. The molecule has 1 aromatic rings. The highest BCUT2D eigenvalue weighted by Crippen LogP contribution is 2.31. The molecule has 2 heterocycles. The number of hydrogen-bond acceptors (Lipinski definition) is 4. The molecular formula is C7H6ClN3S. The van der Waals surface area contributed by atoms with Crippen LogP contribution in [0.15, 0.2) is 22.2 Å². The largest absolute Gasteiger partial charge is 0.314 e. The summed E-state index contributed by atoms with van der Waals surface area (Å²) in [4.78, 5) is 9.22. The number of aromatic nitrogens is 1. The van der Waals surface area contributed by atoms with Gasteiger partial charge in [0.15, 0.2) is 0 Å². The van der Waals surface area contributed by atoms with Crippen LogP contribution in [0.4, 0.5) is 5.69 Å². The van der Waals surface area contributed by atoms with Crippen molar-refractivity contribution >= 4 is 35.1 Å². The van der Waals surface area contributed by atoms with Crippen molar-refractivity contribution in [1.29, 1.82) is 0 Å². The molecule has 0 bridgehead atoms. The van der Waals surface area contributed by atoms with Crippen molar-refractivity contribution < 1.29 is 0 Å². The molecule has 62 valence electrons. The Bertz CT molecular complexity index is 351. The van der Waals surface area contributed by atoms with Crippen LogP contribution in [0.3, 0.4) is 0 Å². The van der Waals surface area contributed by atoms with Gasteiger partial charge in [-0.15, -0.1) is 0 Å². The third-order valence-corrected chi connectivity index (χ3v) is 2.55. The van der Waals surface area contributed by atoms with Gasteiger partial charge in [-0.25, -0.2) is 9.98 Å². The van der Waals surface area contributed by atoms with Crippen molar-refractivity contribution in [3.05, 3.63) is 17.4 Å². The highest BCUT2D eigenvalue weighted by atomic mass is 35.5.